The maximum atomic E-state index is 5.67. The number of nitrogens with one attached hydrogen (secondary N) is 1. The van der Waals surface area contributed by atoms with Gasteiger partial charge in [-0.05, 0) is 31.7 Å². The lowest BCUT2D eigenvalue weighted by Gasteiger charge is -2.36. The van der Waals surface area contributed by atoms with E-state index in [2.05, 4.69) is 20.2 Å². The summed E-state index contributed by atoms with van der Waals surface area (Å²) >= 11 is 0. The molecule has 1 aliphatic carbocycles. The van der Waals surface area contributed by atoms with Crippen LogP contribution in [0, 0.1) is 0 Å². The normalized spacial score (nSPS) is 22.7. The first-order valence-corrected chi connectivity index (χ1v) is 7.40. The molecule has 0 atom stereocenters. The Kier molecular flexibility index (Phi) is 3.82. The third-order valence-electron chi connectivity index (χ3n) is 4.38. The van der Waals surface area contributed by atoms with E-state index in [1.54, 1.807) is 12.3 Å². The van der Waals surface area contributed by atoms with Gasteiger partial charge in [-0.1, -0.05) is 12.8 Å². The molecule has 1 saturated carbocycles. The van der Waals surface area contributed by atoms with Crippen molar-refractivity contribution in [3.05, 3.63) is 12.3 Å². The molecule has 0 amide bonds. The highest BCUT2D eigenvalue weighted by molar-refractivity contribution is 5.35. The van der Waals surface area contributed by atoms with Gasteiger partial charge in [0.2, 0.25) is 5.95 Å². The highest BCUT2D eigenvalue weighted by atomic mass is 15.2. The molecule has 1 aromatic rings. The average molecular weight is 261 g/mol. The summed E-state index contributed by atoms with van der Waals surface area (Å²) in [7, 11) is 0. The van der Waals surface area contributed by atoms with E-state index in [-0.39, 0.29) is 0 Å². The molecular formula is C14H23N5. The fraction of sp³-hybridized carbons (Fsp3) is 0.714. The van der Waals surface area contributed by atoms with E-state index in [9.17, 15) is 0 Å². The second kappa shape index (κ2) is 5.74. The fourth-order valence-corrected chi connectivity index (χ4v) is 3.30. The molecule has 2 aliphatic rings. The zero-order chi connectivity index (χ0) is 13.1. The zero-order valence-electron chi connectivity index (χ0n) is 11.4. The van der Waals surface area contributed by atoms with Gasteiger partial charge in [0.05, 0.1) is 0 Å². The molecule has 2 heterocycles. The van der Waals surface area contributed by atoms with E-state index in [1.807, 2.05) is 0 Å². The minimum atomic E-state index is 0.486. The summed E-state index contributed by atoms with van der Waals surface area (Å²) in [6.45, 7) is 2.40. The van der Waals surface area contributed by atoms with E-state index in [0.29, 0.717) is 17.8 Å². The van der Waals surface area contributed by atoms with Gasteiger partial charge in [-0.2, -0.15) is 4.98 Å². The molecule has 104 valence electrons. The highest BCUT2D eigenvalue weighted by Crippen LogP contribution is 2.26. The molecule has 0 radical (unpaired) electrons. The van der Waals surface area contributed by atoms with Crippen molar-refractivity contribution in [2.45, 2.75) is 50.6 Å². The Labute approximate surface area is 114 Å². The summed E-state index contributed by atoms with van der Waals surface area (Å²) in [6.07, 6.45) is 9.69. The van der Waals surface area contributed by atoms with Crippen LogP contribution in [-0.4, -0.2) is 40.0 Å². The van der Waals surface area contributed by atoms with Crippen molar-refractivity contribution in [3.8, 4) is 0 Å². The lowest BCUT2D eigenvalue weighted by molar-refractivity contribution is 0.159. The number of likely N-dealkylation sites (tertiary alicyclic amines) is 1. The Morgan fingerprint density at radius 3 is 2.58 bits per heavy atom. The summed E-state index contributed by atoms with van der Waals surface area (Å²) in [5.74, 6) is 1.19. The number of aromatic nitrogens is 2. The first-order valence-electron chi connectivity index (χ1n) is 7.40. The number of anilines is 2. The molecule has 0 spiro atoms. The highest BCUT2D eigenvalue weighted by Gasteiger charge is 2.27. The largest absolute Gasteiger partial charge is 0.384 e. The zero-order valence-corrected chi connectivity index (χ0v) is 11.4. The van der Waals surface area contributed by atoms with Crippen LogP contribution in [0.1, 0.15) is 38.5 Å². The van der Waals surface area contributed by atoms with Gasteiger partial charge in [0.25, 0.3) is 0 Å². The molecule has 3 N–H and O–H groups in total. The van der Waals surface area contributed by atoms with Crippen LogP contribution in [0.25, 0.3) is 0 Å². The lowest BCUT2D eigenvalue weighted by atomic mass is 10.0. The Hall–Kier alpha value is -1.36. The van der Waals surface area contributed by atoms with Crippen LogP contribution in [0.2, 0.25) is 0 Å². The smallest absolute Gasteiger partial charge is 0.224 e. The topological polar surface area (TPSA) is 67.1 Å². The number of piperidine rings is 1. The fourth-order valence-electron chi connectivity index (χ4n) is 3.30. The predicted molar refractivity (Wildman–Crippen MR) is 76.9 cm³/mol. The third kappa shape index (κ3) is 3.15. The molecule has 1 aliphatic heterocycles. The third-order valence-corrected chi connectivity index (χ3v) is 4.38. The molecule has 0 unspecified atom stereocenters. The molecule has 19 heavy (non-hydrogen) atoms. The summed E-state index contributed by atoms with van der Waals surface area (Å²) in [5, 5.41) is 3.40. The van der Waals surface area contributed by atoms with Crippen molar-refractivity contribution in [3.63, 3.8) is 0 Å². The van der Waals surface area contributed by atoms with E-state index in [4.69, 9.17) is 5.73 Å². The van der Waals surface area contributed by atoms with Gasteiger partial charge in [-0.15, -0.1) is 0 Å². The minimum absolute atomic E-state index is 0.486. The molecule has 0 bridgehead atoms. The Bertz CT molecular complexity index is 408. The maximum Gasteiger partial charge on any atom is 0.224 e. The van der Waals surface area contributed by atoms with Crippen LogP contribution < -0.4 is 11.1 Å². The van der Waals surface area contributed by atoms with E-state index < -0.39 is 0 Å². The van der Waals surface area contributed by atoms with Gasteiger partial charge < -0.3 is 16.0 Å². The standard InChI is InChI=1S/C14H23N5/c15-13-5-8-16-14(18-13)17-11-6-9-19(10-7-11)12-3-1-2-4-12/h5,8,11-12H,1-4,6-7,9-10H2,(H3,15,16,17,18). The molecular weight excluding hydrogens is 238 g/mol. The van der Waals surface area contributed by atoms with Gasteiger partial charge in [-0.25, -0.2) is 4.98 Å². The monoisotopic (exact) mass is 261 g/mol. The molecule has 2 fully saturated rings. The number of nitrogens with zero attached hydrogens (tertiary/aromatic N) is 3. The van der Waals surface area contributed by atoms with Crippen molar-refractivity contribution in [1.82, 2.24) is 14.9 Å². The molecule has 5 heteroatoms. The summed E-state index contributed by atoms with van der Waals surface area (Å²) in [4.78, 5) is 11.1. The summed E-state index contributed by atoms with van der Waals surface area (Å²) in [6, 6.07) is 3.05. The van der Waals surface area contributed by atoms with Crippen molar-refractivity contribution in [2.75, 3.05) is 24.1 Å². The summed E-state index contributed by atoms with van der Waals surface area (Å²) in [5.41, 5.74) is 5.67. The Balaban J connectivity index is 1.50. The molecule has 5 nitrogen and oxygen atoms in total. The van der Waals surface area contributed by atoms with Crippen LogP contribution in [0.15, 0.2) is 12.3 Å². The van der Waals surface area contributed by atoms with E-state index >= 15 is 0 Å². The number of nitrogens with two attached hydrogens (primary N) is 1. The predicted octanol–water partition coefficient (Wildman–Crippen LogP) is 1.88. The number of rotatable bonds is 3. The number of hydrogen-bond acceptors (Lipinski definition) is 5. The Morgan fingerprint density at radius 1 is 1.16 bits per heavy atom. The van der Waals surface area contributed by atoms with Crippen molar-refractivity contribution < 1.29 is 0 Å². The van der Waals surface area contributed by atoms with Gasteiger partial charge in [0.15, 0.2) is 0 Å². The first kappa shape index (κ1) is 12.7. The summed E-state index contributed by atoms with van der Waals surface area (Å²) < 4.78 is 0. The molecule has 0 aromatic carbocycles. The van der Waals surface area contributed by atoms with Crippen molar-refractivity contribution in [1.29, 1.82) is 0 Å². The quantitative estimate of drug-likeness (QED) is 0.869. The van der Waals surface area contributed by atoms with Crippen LogP contribution in [0.3, 0.4) is 0 Å². The first-order chi connectivity index (χ1) is 9.31. The van der Waals surface area contributed by atoms with Crippen LogP contribution in [-0.2, 0) is 0 Å². The van der Waals surface area contributed by atoms with Gasteiger partial charge in [-0.3, -0.25) is 0 Å². The van der Waals surface area contributed by atoms with Crippen molar-refractivity contribution >= 4 is 11.8 Å². The van der Waals surface area contributed by atoms with Gasteiger partial charge in [0, 0.05) is 31.4 Å². The van der Waals surface area contributed by atoms with Crippen LogP contribution in [0.4, 0.5) is 11.8 Å². The SMILES string of the molecule is Nc1ccnc(NC2CCN(C3CCCC3)CC2)n1. The second-order valence-corrected chi connectivity index (χ2v) is 5.70. The maximum absolute atomic E-state index is 5.67. The van der Waals surface area contributed by atoms with Crippen LogP contribution in [0.5, 0.6) is 0 Å². The lowest BCUT2D eigenvalue weighted by Crippen LogP contribution is -2.43. The van der Waals surface area contributed by atoms with Crippen LogP contribution >= 0.6 is 0 Å². The Morgan fingerprint density at radius 2 is 1.89 bits per heavy atom. The molecule has 3 rings (SSSR count). The molecule has 1 saturated heterocycles. The van der Waals surface area contributed by atoms with Gasteiger partial charge >= 0.3 is 0 Å². The van der Waals surface area contributed by atoms with Gasteiger partial charge in [0.1, 0.15) is 5.82 Å². The number of nitrogen functional groups attached to an aromatic ring is 1. The number of hydrogen-bond donors (Lipinski definition) is 2. The van der Waals surface area contributed by atoms with E-state index in [0.717, 1.165) is 6.04 Å². The molecule has 1 aromatic heterocycles. The minimum Gasteiger partial charge on any atom is -0.384 e. The van der Waals surface area contributed by atoms with Crippen molar-refractivity contribution in [2.24, 2.45) is 0 Å². The van der Waals surface area contributed by atoms with E-state index in [1.165, 1.54) is 51.6 Å². The second-order valence-electron chi connectivity index (χ2n) is 5.70. The average Bonchev–Trinajstić information content (AvgIpc) is 2.94.